The van der Waals surface area contributed by atoms with Gasteiger partial charge in [0.05, 0.1) is 6.04 Å². The van der Waals surface area contributed by atoms with Gasteiger partial charge in [0.1, 0.15) is 0 Å². The molecule has 3 N–H and O–H groups in total. The molecule has 1 heterocycles. The van der Waals surface area contributed by atoms with Crippen LogP contribution in [0.25, 0.3) is 0 Å². The zero-order chi connectivity index (χ0) is 10.6. The Morgan fingerprint density at radius 1 is 1.86 bits per heavy atom. The van der Waals surface area contributed by atoms with Crippen molar-refractivity contribution >= 4 is 17.7 Å². The second-order valence-corrected chi connectivity index (χ2v) is 3.74. The van der Waals surface area contributed by atoms with Crippen LogP contribution in [0.2, 0.25) is 0 Å². The topological polar surface area (TPSA) is 89.4 Å². The molecule has 0 aromatic carbocycles. The molecule has 1 rings (SSSR count). The summed E-state index contributed by atoms with van der Waals surface area (Å²) in [6.45, 7) is 0. The summed E-state index contributed by atoms with van der Waals surface area (Å²) in [4.78, 5) is 14.3. The fraction of sp³-hybridized carbons (Fsp3) is 0.500. The van der Waals surface area contributed by atoms with Gasteiger partial charge in [0, 0.05) is 0 Å². The molecule has 1 atom stereocenters. The molecule has 0 spiro atoms. The van der Waals surface area contributed by atoms with Gasteiger partial charge in [-0.1, -0.05) is 0 Å². The summed E-state index contributed by atoms with van der Waals surface area (Å²) >= 11 is 1.65. The summed E-state index contributed by atoms with van der Waals surface area (Å²) in [6.07, 6.45) is 3.75. The van der Waals surface area contributed by atoms with Gasteiger partial charge in [0.15, 0.2) is 17.8 Å². The quantitative estimate of drug-likeness (QED) is 0.766. The van der Waals surface area contributed by atoms with Crippen LogP contribution in [0.5, 0.6) is 0 Å². The predicted molar refractivity (Wildman–Crippen MR) is 53.4 cm³/mol. The van der Waals surface area contributed by atoms with E-state index in [0.717, 1.165) is 12.1 Å². The number of nitrogens with zero attached hydrogens (tertiary/aromatic N) is 1. The van der Waals surface area contributed by atoms with Crippen molar-refractivity contribution in [2.75, 3.05) is 12.0 Å². The molecule has 0 bridgehead atoms. The minimum absolute atomic E-state index is 0.0846. The van der Waals surface area contributed by atoms with E-state index in [0.29, 0.717) is 6.42 Å². The third-order valence-electron chi connectivity index (χ3n) is 1.77. The van der Waals surface area contributed by atoms with E-state index < -0.39 is 12.0 Å². The summed E-state index contributed by atoms with van der Waals surface area (Å²) in [5.41, 5.74) is 5.67. The smallest absolute Gasteiger partial charge is 0.358 e. The molecule has 0 saturated carbocycles. The third kappa shape index (κ3) is 2.49. The number of carboxylic acids is 1. The molecule has 0 amide bonds. The molecule has 14 heavy (non-hydrogen) atoms. The molecule has 78 valence electrons. The van der Waals surface area contributed by atoms with E-state index in [2.05, 4.69) is 4.98 Å². The van der Waals surface area contributed by atoms with Crippen LogP contribution in [-0.2, 0) is 0 Å². The highest BCUT2D eigenvalue weighted by atomic mass is 32.2. The molecule has 5 nitrogen and oxygen atoms in total. The molecule has 0 aliphatic rings. The molecule has 0 radical (unpaired) electrons. The monoisotopic (exact) mass is 216 g/mol. The molecule has 6 heteroatoms. The van der Waals surface area contributed by atoms with Crippen molar-refractivity contribution in [2.45, 2.75) is 12.5 Å². The first-order valence-electron chi connectivity index (χ1n) is 4.08. The van der Waals surface area contributed by atoms with Gasteiger partial charge in [0.25, 0.3) is 0 Å². The Bertz CT molecular complexity index is 313. The number of aromatic carboxylic acids is 1. The fourth-order valence-electron chi connectivity index (χ4n) is 1.05. The summed E-state index contributed by atoms with van der Waals surface area (Å²) < 4.78 is 4.96. The lowest BCUT2D eigenvalue weighted by Gasteiger charge is -2.07. The summed E-state index contributed by atoms with van der Waals surface area (Å²) in [6, 6.07) is -0.393. The van der Waals surface area contributed by atoms with E-state index in [4.69, 9.17) is 15.3 Å². The van der Waals surface area contributed by atoms with Gasteiger partial charge in [-0.3, -0.25) is 0 Å². The molecule has 0 saturated heterocycles. The highest BCUT2D eigenvalue weighted by Gasteiger charge is 2.20. The zero-order valence-electron chi connectivity index (χ0n) is 7.77. The van der Waals surface area contributed by atoms with Crippen LogP contribution in [0.4, 0.5) is 0 Å². The van der Waals surface area contributed by atoms with Crippen molar-refractivity contribution in [1.29, 1.82) is 0 Å². The number of hydrogen-bond acceptors (Lipinski definition) is 5. The Hall–Kier alpha value is -1.01. The van der Waals surface area contributed by atoms with Crippen molar-refractivity contribution in [2.24, 2.45) is 5.73 Å². The number of aromatic nitrogens is 1. The summed E-state index contributed by atoms with van der Waals surface area (Å²) in [7, 11) is 0. The maximum Gasteiger partial charge on any atom is 0.358 e. The first kappa shape index (κ1) is 11.1. The van der Waals surface area contributed by atoms with Crippen LogP contribution in [0.15, 0.2) is 10.8 Å². The number of carboxylic acid groups (broad SMARTS) is 1. The largest absolute Gasteiger partial charge is 0.476 e. The van der Waals surface area contributed by atoms with E-state index >= 15 is 0 Å². The number of rotatable bonds is 5. The molecule has 1 aromatic heterocycles. The SMILES string of the molecule is CSCC[C@@H](N)c1ocnc1C(=O)O. The minimum Gasteiger partial charge on any atom is -0.476 e. The Morgan fingerprint density at radius 2 is 2.57 bits per heavy atom. The van der Waals surface area contributed by atoms with Crippen LogP contribution in [0.3, 0.4) is 0 Å². The average Bonchev–Trinajstić information content (AvgIpc) is 2.62. The van der Waals surface area contributed by atoms with E-state index in [9.17, 15) is 4.79 Å². The highest BCUT2D eigenvalue weighted by Crippen LogP contribution is 2.19. The van der Waals surface area contributed by atoms with E-state index in [1.807, 2.05) is 6.26 Å². The summed E-state index contributed by atoms with van der Waals surface area (Å²) in [5, 5.41) is 8.75. The maximum absolute atomic E-state index is 10.7. The van der Waals surface area contributed by atoms with Gasteiger partial charge >= 0.3 is 5.97 Å². The highest BCUT2D eigenvalue weighted by molar-refractivity contribution is 7.98. The second kappa shape index (κ2) is 5.02. The van der Waals surface area contributed by atoms with Crippen LogP contribution in [-0.4, -0.2) is 28.1 Å². The van der Waals surface area contributed by atoms with Crippen LogP contribution >= 0.6 is 11.8 Å². The first-order valence-corrected chi connectivity index (χ1v) is 5.47. The molecule has 0 fully saturated rings. The number of hydrogen-bond donors (Lipinski definition) is 2. The molecule has 0 aliphatic carbocycles. The molecular weight excluding hydrogens is 204 g/mol. The first-order chi connectivity index (χ1) is 6.66. The lowest BCUT2D eigenvalue weighted by molar-refractivity contribution is 0.0688. The normalized spacial score (nSPS) is 12.7. The molecule has 0 unspecified atom stereocenters. The Labute approximate surface area is 85.7 Å². The Kier molecular flexibility index (Phi) is 3.97. The number of nitrogens with two attached hydrogens (primary N) is 1. The fourth-order valence-corrected chi connectivity index (χ4v) is 1.54. The standard InChI is InChI=1S/C8H12N2O3S/c1-14-3-2-5(9)7-6(8(11)12)10-4-13-7/h4-5H,2-3,9H2,1H3,(H,11,12)/t5-/m1/s1. The van der Waals surface area contributed by atoms with E-state index in [1.165, 1.54) is 0 Å². The predicted octanol–water partition coefficient (Wildman–Crippen LogP) is 1.13. The Morgan fingerprint density at radius 3 is 3.14 bits per heavy atom. The van der Waals surface area contributed by atoms with E-state index in [-0.39, 0.29) is 11.5 Å². The van der Waals surface area contributed by atoms with Crippen LogP contribution in [0, 0.1) is 0 Å². The van der Waals surface area contributed by atoms with Crippen molar-refractivity contribution < 1.29 is 14.3 Å². The zero-order valence-corrected chi connectivity index (χ0v) is 8.58. The van der Waals surface area contributed by atoms with Gasteiger partial charge in [0.2, 0.25) is 0 Å². The number of thioether (sulfide) groups is 1. The van der Waals surface area contributed by atoms with Gasteiger partial charge in [-0.05, 0) is 18.4 Å². The molecule has 1 aromatic rings. The van der Waals surface area contributed by atoms with Gasteiger partial charge in [-0.2, -0.15) is 11.8 Å². The van der Waals surface area contributed by atoms with Crippen molar-refractivity contribution in [3.8, 4) is 0 Å². The number of carbonyl (C=O) groups is 1. The molecule has 0 aliphatic heterocycles. The van der Waals surface area contributed by atoms with Crippen LogP contribution in [0.1, 0.15) is 28.7 Å². The molecular formula is C8H12N2O3S. The van der Waals surface area contributed by atoms with E-state index in [1.54, 1.807) is 11.8 Å². The van der Waals surface area contributed by atoms with Gasteiger partial charge in [-0.15, -0.1) is 0 Å². The minimum atomic E-state index is -1.10. The maximum atomic E-state index is 10.7. The van der Waals surface area contributed by atoms with Crippen LogP contribution < -0.4 is 5.73 Å². The lowest BCUT2D eigenvalue weighted by Crippen LogP contribution is -2.14. The van der Waals surface area contributed by atoms with Crippen molar-refractivity contribution in [1.82, 2.24) is 4.98 Å². The van der Waals surface area contributed by atoms with Gasteiger partial charge in [-0.25, -0.2) is 9.78 Å². The van der Waals surface area contributed by atoms with Crippen molar-refractivity contribution in [3.05, 3.63) is 17.8 Å². The third-order valence-corrected chi connectivity index (χ3v) is 2.41. The average molecular weight is 216 g/mol. The van der Waals surface area contributed by atoms with Gasteiger partial charge < -0.3 is 15.3 Å². The Balaban J connectivity index is 2.73. The van der Waals surface area contributed by atoms with Crippen molar-refractivity contribution in [3.63, 3.8) is 0 Å². The number of oxazole rings is 1. The second-order valence-electron chi connectivity index (χ2n) is 2.76. The lowest BCUT2D eigenvalue weighted by atomic mass is 10.1. The summed E-state index contributed by atoms with van der Waals surface area (Å²) in [5.74, 6) is 0.0147.